The predicted molar refractivity (Wildman–Crippen MR) is 98.3 cm³/mol. The van der Waals surface area contributed by atoms with Crippen molar-refractivity contribution >= 4 is 28.9 Å². The van der Waals surface area contributed by atoms with Crippen molar-refractivity contribution in [3.63, 3.8) is 0 Å². The van der Waals surface area contributed by atoms with E-state index >= 15 is 0 Å². The molecule has 25 heavy (non-hydrogen) atoms. The molecule has 1 aliphatic heterocycles. The Morgan fingerprint density at radius 2 is 1.56 bits per heavy atom. The van der Waals surface area contributed by atoms with Gasteiger partial charge in [-0.2, -0.15) is 0 Å². The monoisotopic (exact) mass is 354 g/mol. The van der Waals surface area contributed by atoms with Gasteiger partial charge in [-0.25, -0.2) is 4.79 Å². The van der Waals surface area contributed by atoms with Crippen LogP contribution in [0, 0.1) is 5.41 Å². The van der Waals surface area contributed by atoms with E-state index in [-0.39, 0.29) is 17.6 Å². The van der Waals surface area contributed by atoms with Crippen molar-refractivity contribution in [2.24, 2.45) is 5.73 Å². The molecule has 0 unspecified atom stereocenters. The maximum absolute atomic E-state index is 13.3. The van der Waals surface area contributed by atoms with Gasteiger partial charge in [-0.1, -0.05) is 72.4 Å². The molecule has 0 aliphatic carbocycles. The van der Waals surface area contributed by atoms with Gasteiger partial charge in [0.15, 0.2) is 10.7 Å². The molecule has 1 aliphatic rings. The van der Waals surface area contributed by atoms with Crippen LogP contribution >= 0.6 is 11.8 Å². The number of nitrogens with two attached hydrogens (primary N) is 1. The molecule has 4 N–H and O–H groups in total. The first kappa shape index (κ1) is 17.0. The lowest BCUT2D eigenvalue weighted by atomic mass is 9.82. The van der Waals surface area contributed by atoms with E-state index in [4.69, 9.17) is 11.1 Å². The van der Waals surface area contributed by atoms with Gasteiger partial charge in [0.05, 0.1) is 0 Å². The molecule has 0 spiro atoms. The minimum absolute atomic E-state index is 0.0376. The first-order chi connectivity index (χ1) is 12.1. The Balaban J connectivity index is 2.00. The summed E-state index contributed by atoms with van der Waals surface area (Å²) in [6.45, 7) is 0.191. The van der Waals surface area contributed by atoms with Crippen LogP contribution in [0.4, 0.5) is 4.79 Å². The number of amidine groups is 1. The molecule has 7 heteroatoms. The maximum atomic E-state index is 13.3. The van der Waals surface area contributed by atoms with Crippen molar-refractivity contribution in [3.05, 3.63) is 71.8 Å². The van der Waals surface area contributed by atoms with Crippen LogP contribution in [-0.2, 0) is 10.3 Å². The standard InChI is InChI=1S/C18H18N4O2S/c19-16(20)25-12-11-22-15(23)18(21-17(22)24,13-7-3-1-4-8-13)14-9-5-2-6-10-14/h1-10H,11-12H2,(H3,19,20)(H,21,24). The highest BCUT2D eigenvalue weighted by Crippen LogP contribution is 2.35. The fourth-order valence-electron chi connectivity index (χ4n) is 2.96. The van der Waals surface area contributed by atoms with Crippen LogP contribution in [0.1, 0.15) is 11.1 Å². The summed E-state index contributed by atoms with van der Waals surface area (Å²) in [5.41, 5.74) is 5.51. The second kappa shape index (κ2) is 6.98. The number of carbonyl (C=O) groups is 2. The number of carbonyl (C=O) groups excluding carboxylic acids is 2. The average molecular weight is 354 g/mol. The van der Waals surface area contributed by atoms with E-state index in [9.17, 15) is 9.59 Å². The number of hydrogen-bond donors (Lipinski definition) is 3. The van der Waals surface area contributed by atoms with Crippen LogP contribution in [0.2, 0.25) is 0 Å². The molecule has 1 heterocycles. The molecule has 1 fully saturated rings. The summed E-state index contributed by atoms with van der Waals surface area (Å²) in [6.07, 6.45) is 0. The Bertz CT molecular complexity index is 756. The number of nitrogens with zero attached hydrogens (tertiary/aromatic N) is 1. The summed E-state index contributed by atoms with van der Waals surface area (Å²) in [4.78, 5) is 27.0. The number of thioether (sulfide) groups is 1. The van der Waals surface area contributed by atoms with Crippen LogP contribution in [0.5, 0.6) is 0 Å². The van der Waals surface area contributed by atoms with Crippen LogP contribution in [0.3, 0.4) is 0 Å². The third-order valence-corrected chi connectivity index (χ3v) is 4.79. The van der Waals surface area contributed by atoms with Gasteiger partial charge in [-0.15, -0.1) is 0 Å². The molecular formula is C18H18N4O2S. The van der Waals surface area contributed by atoms with Gasteiger partial charge >= 0.3 is 6.03 Å². The highest BCUT2D eigenvalue weighted by Gasteiger charge is 2.53. The zero-order valence-electron chi connectivity index (χ0n) is 13.4. The first-order valence-electron chi connectivity index (χ1n) is 7.77. The minimum atomic E-state index is -1.24. The zero-order valence-corrected chi connectivity index (χ0v) is 14.3. The molecule has 1 saturated heterocycles. The van der Waals surface area contributed by atoms with Gasteiger partial charge in [0.1, 0.15) is 0 Å². The molecule has 2 aromatic rings. The van der Waals surface area contributed by atoms with E-state index < -0.39 is 11.6 Å². The molecule has 3 rings (SSSR count). The smallest absolute Gasteiger partial charge is 0.325 e. The molecular weight excluding hydrogens is 336 g/mol. The number of amides is 3. The van der Waals surface area contributed by atoms with Crippen molar-refractivity contribution in [3.8, 4) is 0 Å². The van der Waals surface area contributed by atoms with E-state index in [1.807, 2.05) is 60.7 Å². The largest absolute Gasteiger partial charge is 0.379 e. The number of hydrogen-bond acceptors (Lipinski definition) is 4. The van der Waals surface area contributed by atoms with E-state index in [1.165, 1.54) is 4.90 Å². The van der Waals surface area contributed by atoms with Crippen molar-refractivity contribution in [1.82, 2.24) is 10.2 Å². The molecule has 2 aromatic carbocycles. The van der Waals surface area contributed by atoms with Gasteiger partial charge in [-0.3, -0.25) is 15.1 Å². The number of benzene rings is 2. The first-order valence-corrected chi connectivity index (χ1v) is 8.76. The fraction of sp³-hybridized carbons (Fsp3) is 0.167. The van der Waals surface area contributed by atoms with E-state index in [2.05, 4.69) is 5.32 Å². The zero-order chi connectivity index (χ0) is 17.9. The normalized spacial score (nSPS) is 15.9. The van der Waals surface area contributed by atoms with Crippen molar-refractivity contribution in [2.75, 3.05) is 12.3 Å². The highest BCUT2D eigenvalue weighted by atomic mass is 32.2. The van der Waals surface area contributed by atoms with E-state index in [0.717, 1.165) is 11.8 Å². The number of nitrogens with one attached hydrogen (secondary N) is 2. The molecule has 3 amide bonds. The van der Waals surface area contributed by atoms with Crippen molar-refractivity contribution in [2.45, 2.75) is 5.54 Å². The highest BCUT2D eigenvalue weighted by molar-refractivity contribution is 8.13. The average Bonchev–Trinajstić information content (AvgIpc) is 2.88. The number of imide groups is 1. The van der Waals surface area contributed by atoms with Gasteiger partial charge in [0.2, 0.25) is 0 Å². The van der Waals surface area contributed by atoms with Crippen LogP contribution in [-0.4, -0.2) is 34.3 Å². The summed E-state index contributed by atoms with van der Waals surface area (Å²) in [5.74, 6) is 0.0628. The van der Waals surface area contributed by atoms with E-state index in [0.29, 0.717) is 16.9 Å². The second-order valence-corrected chi connectivity index (χ2v) is 6.72. The Kier molecular flexibility index (Phi) is 4.76. The summed E-state index contributed by atoms with van der Waals surface area (Å²) in [7, 11) is 0. The number of urea groups is 1. The molecule has 0 atom stereocenters. The summed E-state index contributed by atoms with van der Waals surface area (Å²) >= 11 is 1.10. The Labute approximate surface area is 149 Å². The van der Waals surface area contributed by atoms with Gasteiger partial charge in [0, 0.05) is 12.3 Å². The summed E-state index contributed by atoms with van der Waals surface area (Å²) in [6, 6.07) is 18.0. The summed E-state index contributed by atoms with van der Waals surface area (Å²) in [5, 5.41) is 10.1. The number of rotatable bonds is 5. The van der Waals surface area contributed by atoms with Crippen LogP contribution in [0.15, 0.2) is 60.7 Å². The lowest BCUT2D eigenvalue weighted by Crippen LogP contribution is -2.45. The Hall–Kier alpha value is -2.80. The lowest BCUT2D eigenvalue weighted by molar-refractivity contribution is -0.130. The molecule has 0 saturated carbocycles. The SMILES string of the molecule is N=C(N)SCCN1C(=O)NC(c2ccccc2)(c2ccccc2)C1=O. The molecule has 0 radical (unpaired) electrons. The summed E-state index contributed by atoms with van der Waals surface area (Å²) < 4.78 is 0. The second-order valence-electron chi connectivity index (χ2n) is 5.58. The van der Waals surface area contributed by atoms with Gasteiger partial charge < -0.3 is 11.1 Å². The predicted octanol–water partition coefficient (Wildman–Crippen LogP) is 2.11. The molecule has 6 nitrogen and oxygen atoms in total. The topological polar surface area (TPSA) is 99.3 Å². The van der Waals surface area contributed by atoms with Crippen molar-refractivity contribution in [1.29, 1.82) is 5.41 Å². The lowest BCUT2D eigenvalue weighted by Gasteiger charge is -2.28. The Morgan fingerprint density at radius 1 is 1.04 bits per heavy atom. The fourth-order valence-corrected chi connectivity index (χ4v) is 3.45. The molecule has 128 valence electrons. The van der Waals surface area contributed by atoms with Crippen LogP contribution < -0.4 is 11.1 Å². The molecule has 0 aromatic heterocycles. The Morgan fingerprint density at radius 3 is 2.04 bits per heavy atom. The van der Waals surface area contributed by atoms with E-state index in [1.54, 1.807) is 0 Å². The quantitative estimate of drug-likeness (QED) is 0.435. The van der Waals surface area contributed by atoms with Crippen molar-refractivity contribution < 1.29 is 9.59 Å². The third-order valence-electron chi connectivity index (χ3n) is 4.09. The van der Waals surface area contributed by atoms with Crippen LogP contribution in [0.25, 0.3) is 0 Å². The molecule has 0 bridgehead atoms. The maximum Gasteiger partial charge on any atom is 0.325 e. The third kappa shape index (κ3) is 3.10. The minimum Gasteiger partial charge on any atom is -0.379 e. The van der Waals surface area contributed by atoms with Gasteiger partial charge in [0.25, 0.3) is 5.91 Å². The van der Waals surface area contributed by atoms with Gasteiger partial charge in [-0.05, 0) is 11.1 Å².